The Kier molecular flexibility index (Phi) is 6.49. The first-order valence-corrected chi connectivity index (χ1v) is 13.3. The number of nitriles is 1. The highest BCUT2D eigenvalue weighted by atomic mass is 28.3. The lowest BCUT2D eigenvalue weighted by Gasteiger charge is -2.44. The van der Waals surface area contributed by atoms with Crippen LogP contribution in [-0.4, -0.2) is 31.3 Å². The molecule has 175 valence electrons. The van der Waals surface area contributed by atoms with Gasteiger partial charge >= 0.3 is 5.97 Å². The van der Waals surface area contributed by atoms with E-state index in [1.807, 2.05) is 53.8 Å². The van der Waals surface area contributed by atoms with Crippen LogP contribution in [0.5, 0.6) is 11.5 Å². The molecule has 0 N–H and O–H groups in total. The lowest BCUT2D eigenvalue weighted by Crippen LogP contribution is -2.54. The summed E-state index contributed by atoms with van der Waals surface area (Å²) in [6.45, 7) is 15.0. The molecule has 0 fully saturated rings. The molecule has 0 saturated heterocycles. The minimum absolute atomic E-state index is 0.304. The van der Waals surface area contributed by atoms with Gasteiger partial charge in [0.25, 0.3) is 14.6 Å². The summed E-state index contributed by atoms with van der Waals surface area (Å²) in [4.78, 5) is 25.9. The fraction of sp³-hybridized carbons (Fsp3) is 0.480. The van der Waals surface area contributed by atoms with E-state index in [2.05, 4.69) is 6.07 Å². The Morgan fingerprint density at radius 1 is 1.24 bits per heavy atom. The van der Waals surface area contributed by atoms with Crippen LogP contribution in [0, 0.1) is 11.3 Å². The summed E-state index contributed by atoms with van der Waals surface area (Å²) in [5.41, 5.74) is 0.312. The van der Waals surface area contributed by atoms with Crippen molar-refractivity contribution in [2.75, 3.05) is 0 Å². The highest BCUT2D eigenvalue weighted by Crippen LogP contribution is 2.44. The maximum Gasteiger partial charge on any atom is 0.303 e. The van der Waals surface area contributed by atoms with E-state index in [1.54, 1.807) is 29.0 Å². The molecule has 1 aromatic carbocycles. The zero-order valence-electron chi connectivity index (χ0n) is 20.5. The third-order valence-electron chi connectivity index (χ3n) is 5.58. The maximum atomic E-state index is 13.9. The van der Waals surface area contributed by atoms with Crippen LogP contribution in [0.3, 0.4) is 0 Å². The number of carbonyl (C=O) groups excluding carboxylic acids is 1. The van der Waals surface area contributed by atoms with Crippen LogP contribution >= 0.6 is 0 Å². The van der Waals surface area contributed by atoms with E-state index in [0.29, 0.717) is 22.6 Å². The molecule has 0 saturated carbocycles. The van der Waals surface area contributed by atoms with Gasteiger partial charge in [0.15, 0.2) is 11.9 Å². The molecule has 1 radical (unpaired) electrons. The molecule has 1 aliphatic rings. The van der Waals surface area contributed by atoms with E-state index in [-0.39, 0.29) is 11.0 Å². The molecule has 3 rings (SSSR count). The number of carbonyl (C=O) groups is 1. The van der Waals surface area contributed by atoms with E-state index in [0.717, 1.165) is 5.56 Å². The zero-order valence-corrected chi connectivity index (χ0v) is 21.5. The molecule has 2 heterocycles. The summed E-state index contributed by atoms with van der Waals surface area (Å²) in [5.74, 6) is 0.371. The number of pyridine rings is 1. The second kappa shape index (κ2) is 8.71. The molecule has 33 heavy (non-hydrogen) atoms. The minimum Gasteiger partial charge on any atom is -0.539 e. The quantitative estimate of drug-likeness (QED) is 0.491. The largest absolute Gasteiger partial charge is 0.539 e. The molecular weight excluding hydrogens is 436 g/mol. The van der Waals surface area contributed by atoms with Crippen LogP contribution in [0.4, 0.5) is 0 Å². The van der Waals surface area contributed by atoms with Gasteiger partial charge in [0.2, 0.25) is 0 Å². The average molecular weight is 468 g/mol. The van der Waals surface area contributed by atoms with Crippen molar-refractivity contribution in [2.24, 2.45) is 0 Å². The fourth-order valence-electron chi connectivity index (χ4n) is 4.15. The number of rotatable bonds is 4. The molecule has 1 aromatic heterocycles. The number of fused-ring (bicyclic) bond motifs is 1. The van der Waals surface area contributed by atoms with Gasteiger partial charge in [-0.25, -0.2) is 0 Å². The second-order valence-electron chi connectivity index (χ2n) is 10.1. The van der Waals surface area contributed by atoms with E-state index < -0.39 is 32.8 Å². The third-order valence-corrected chi connectivity index (χ3v) is 6.20. The summed E-state index contributed by atoms with van der Waals surface area (Å²) in [5, 5.41) is 9.47. The number of nitrogens with zero attached hydrogens (tertiary/aromatic N) is 2. The summed E-state index contributed by atoms with van der Waals surface area (Å²) >= 11 is 0. The predicted molar refractivity (Wildman–Crippen MR) is 127 cm³/mol. The molecule has 1 aliphatic heterocycles. The predicted octanol–water partition coefficient (Wildman–Crippen LogP) is 4.34. The van der Waals surface area contributed by atoms with Crippen LogP contribution in [0.25, 0.3) is 0 Å². The highest BCUT2D eigenvalue weighted by molar-refractivity contribution is 6.49. The van der Waals surface area contributed by atoms with Crippen molar-refractivity contribution < 1.29 is 18.7 Å². The molecule has 0 aliphatic carbocycles. The molecule has 0 spiro atoms. The SMILES string of the molecule is CC(=O)O[C@@H]1[C@@H](n2ccc(C(C)(C)C)c(O[Si](C)C)c2=O)c2cc(C#N)ccc2OC1(C)C. The van der Waals surface area contributed by atoms with E-state index in [9.17, 15) is 14.9 Å². The van der Waals surface area contributed by atoms with Gasteiger partial charge in [0, 0.05) is 24.2 Å². The molecule has 0 unspecified atom stereocenters. The number of ether oxygens (including phenoxy) is 2. The van der Waals surface area contributed by atoms with Crippen molar-refractivity contribution in [3.8, 4) is 17.6 Å². The Balaban J connectivity index is 2.35. The third kappa shape index (κ3) is 4.83. The standard InChI is InChI=1S/C25H31N2O5Si/c1-15(28)30-22-20(17-13-16(14-26)9-10-19(17)31-25(22,5)6)27-12-11-18(24(2,3)4)21(23(27)29)32-33(7)8/h9-13,20,22H,1-8H3/t20-,22+/m0/s1. The Bertz CT molecular complexity index is 1170. The van der Waals surface area contributed by atoms with Gasteiger partial charge in [-0.05, 0) is 56.6 Å². The molecule has 2 atom stereocenters. The molecule has 7 nitrogen and oxygen atoms in total. The molecule has 8 heteroatoms. The summed E-state index contributed by atoms with van der Waals surface area (Å²) in [6, 6.07) is 8.40. The van der Waals surface area contributed by atoms with E-state index in [1.165, 1.54) is 6.92 Å². The highest BCUT2D eigenvalue weighted by Gasteiger charge is 2.48. The number of hydrogen-bond donors (Lipinski definition) is 0. The zero-order chi connectivity index (χ0) is 24.7. The van der Waals surface area contributed by atoms with Crippen molar-refractivity contribution in [2.45, 2.75) is 77.8 Å². The number of esters is 1. The van der Waals surface area contributed by atoms with Crippen molar-refractivity contribution >= 4 is 15.0 Å². The van der Waals surface area contributed by atoms with Gasteiger partial charge in [-0.15, -0.1) is 0 Å². The van der Waals surface area contributed by atoms with Crippen LogP contribution < -0.4 is 14.7 Å². The Hall–Kier alpha value is -3.05. The van der Waals surface area contributed by atoms with Gasteiger partial charge in [0.05, 0.1) is 11.6 Å². The lowest BCUT2D eigenvalue weighted by molar-refractivity contribution is -0.163. The van der Waals surface area contributed by atoms with Crippen LogP contribution in [0.2, 0.25) is 13.1 Å². The van der Waals surface area contributed by atoms with Crippen molar-refractivity contribution in [3.05, 3.63) is 57.5 Å². The Morgan fingerprint density at radius 3 is 2.45 bits per heavy atom. The molecular formula is C25H31N2O5Si. The monoisotopic (exact) mass is 467 g/mol. The molecule has 0 bridgehead atoms. The van der Waals surface area contributed by atoms with Gasteiger partial charge in [-0.3, -0.25) is 9.59 Å². The first kappa shape index (κ1) is 24.6. The summed E-state index contributed by atoms with van der Waals surface area (Å²) < 4.78 is 19.6. The average Bonchev–Trinajstić information content (AvgIpc) is 2.68. The van der Waals surface area contributed by atoms with Crippen molar-refractivity contribution in [3.63, 3.8) is 0 Å². The second-order valence-corrected chi connectivity index (χ2v) is 12.1. The lowest BCUT2D eigenvalue weighted by atomic mass is 9.84. The van der Waals surface area contributed by atoms with Crippen LogP contribution in [0.15, 0.2) is 35.3 Å². The van der Waals surface area contributed by atoms with Crippen LogP contribution in [0.1, 0.15) is 64.3 Å². The summed E-state index contributed by atoms with van der Waals surface area (Å²) in [6.07, 6.45) is 0.911. The smallest absolute Gasteiger partial charge is 0.303 e. The number of aromatic nitrogens is 1. The minimum atomic E-state index is -1.23. The maximum absolute atomic E-state index is 13.9. The first-order chi connectivity index (χ1) is 15.3. The van der Waals surface area contributed by atoms with Gasteiger partial charge < -0.3 is 18.5 Å². The number of benzene rings is 1. The Morgan fingerprint density at radius 2 is 1.91 bits per heavy atom. The normalized spacial score (nSPS) is 19.3. The Labute approximate surface area is 196 Å². The van der Waals surface area contributed by atoms with Gasteiger partial charge in [0.1, 0.15) is 17.4 Å². The van der Waals surface area contributed by atoms with E-state index >= 15 is 0 Å². The topological polar surface area (TPSA) is 90.5 Å². The first-order valence-electron chi connectivity index (χ1n) is 10.9. The fourth-order valence-corrected chi connectivity index (χ4v) is 4.76. The van der Waals surface area contributed by atoms with Gasteiger partial charge in [-0.1, -0.05) is 20.8 Å². The molecule has 2 aromatic rings. The van der Waals surface area contributed by atoms with Gasteiger partial charge in [-0.2, -0.15) is 5.26 Å². The van der Waals surface area contributed by atoms with Crippen LogP contribution in [-0.2, 0) is 14.9 Å². The van der Waals surface area contributed by atoms with E-state index in [4.69, 9.17) is 13.9 Å². The van der Waals surface area contributed by atoms with Crippen molar-refractivity contribution in [1.29, 1.82) is 5.26 Å². The molecule has 0 amide bonds. The summed E-state index contributed by atoms with van der Waals surface area (Å²) in [7, 11) is -1.23. The van der Waals surface area contributed by atoms with Crippen molar-refractivity contribution in [1.82, 2.24) is 4.57 Å². The number of hydrogen-bond acceptors (Lipinski definition) is 6.